The molecule has 0 saturated carbocycles. The summed E-state index contributed by atoms with van der Waals surface area (Å²) in [4.78, 5) is 24.3. The average Bonchev–Trinajstić information content (AvgIpc) is 2.87. The maximum Gasteiger partial charge on any atom is 0.269 e. The van der Waals surface area contributed by atoms with Crippen LogP contribution < -0.4 is 5.32 Å². The minimum atomic E-state index is -3.86. The van der Waals surface area contributed by atoms with Crippen LogP contribution in [0.15, 0.2) is 53.4 Å². The largest absolute Gasteiger partial charge is 0.355 e. The maximum absolute atomic E-state index is 12.4. The van der Waals surface area contributed by atoms with Crippen molar-refractivity contribution in [2.24, 2.45) is 0 Å². The van der Waals surface area contributed by atoms with Gasteiger partial charge in [-0.1, -0.05) is 36.4 Å². The normalized spacial score (nSPS) is 14.8. The fourth-order valence-corrected chi connectivity index (χ4v) is 5.46. The highest BCUT2D eigenvalue weighted by molar-refractivity contribution is 7.98. The molecule has 8 heteroatoms. The van der Waals surface area contributed by atoms with E-state index < -0.39 is 15.9 Å². The minimum absolute atomic E-state index is 0.00742. The first-order valence-corrected chi connectivity index (χ1v) is 11.6. The predicted molar refractivity (Wildman–Crippen MR) is 110 cm³/mol. The Morgan fingerprint density at radius 2 is 1.82 bits per heavy atom. The van der Waals surface area contributed by atoms with Crippen LogP contribution in [0.3, 0.4) is 0 Å². The molecule has 148 valence electrons. The van der Waals surface area contributed by atoms with Crippen molar-refractivity contribution in [2.75, 3.05) is 18.8 Å². The lowest BCUT2D eigenvalue weighted by Gasteiger charge is -2.14. The Bertz CT molecular complexity index is 989. The number of hydrogen-bond donors (Lipinski definition) is 1. The summed E-state index contributed by atoms with van der Waals surface area (Å²) in [6.07, 6.45) is -0.0541. The summed E-state index contributed by atoms with van der Waals surface area (Å²) in [7, 11) is -3.86. The average molecular weight is 419 g/mol. The van der Waals surface area contributed by atoms with E-state index in [0.29, 0.717) is 6.54 Å². The van der Waals surface area contributed by atoms with E-state index in [4.69, 9.17) is 0 Å². The van der Waals surface area contributed by atoms with Gasteiger partial charge in [-0.05, 0) is 30.2 Å². The van der Waals surface area contributed by atoms with Gasteiger partial charge < -0.3 is 5.32 Å². The van der Waals surface area contributed by atoms with Crippen molar-refractivity contribution in [1.82, 2.24) is 9.62 Å². The van der Waals surface area contributed by atoms with Gasteiger partial charge in [-0.2, -0.15) is 11.8 Å². The van der Waals surface area contributed by atoms with Crippen LogP contribution in [-0.2, 0) is 20.6 Å². The molecule has 1 N–H and O–H groups in total. The molecule has 0 atom stereocenters. The first-order valence-electron chi connectivity index (χ1n) is 8.96. The van der Waals surface area contributed by atoms with E-state index in [1.165, 1.54) is 23.3 Å². The summed E-state index contributed by atoms with van der Waals surface area (Å²) in [6.45, 7) is 2.41. The van der Waals surface area contributed by atoms with Gasteiger partial charge in [-0.25, -0.2) is 12.7 Å². The van der Waals surface area contributed by atoms with Crippen LogP contribution in [0.5, 0.6) is 0 Å². The highest BCUT2D eigenvalue weighted by atomic mass is 32.2. The molecule has 0 aromatic heterocycles. The SMILES string of the molecule is Cc1ccccc1CSCCNC(=O)CCN1C(=O)c2ccccc2S1(=O)=O. The third-order valence-electron chi connectivity index (χ3n) is 4.54. The van der Waals surface area contributed by atoms with E-state index in [1.54, 1.807) is 23.9 Å². The second-order valence-corrected chi connectivity index (χ2v) is 9.39. The van der Waals surface area contributed by atoms with E-state index in [0.717, 1.165) is 15.8 Å². The summed E-state index contributed by atoms with van der Waals surface area (Å²) >= 11 is 1.72. The molecule has 0 unspecified atom stereocenters. The van der Waals surface area contributed by atoms with Gasteiger partial charge in [-0.15, -0.1) is 0 Å². The van der Waals surface area contributed by atoms with E-state index >= 15 is 0 Å². The smallest absolute Gasteiger partial charge is 0.269 e. The molecule has 2 aromatic rings. The minimum Gasteiger partial charge on any atom is -0.355 e. The standard InChI is InChI=1S/C20H22N2O4S2/c1-15-6-2-3-7-16(15)14-27-13-11-21-19(23)10-12-22-20(24)17-8-4-5-9-18(17)28(22,25)26/h2-9H,10-14H2,1H3,(H,21,23). The van der Waals surface area contributed by atoms with Crippen molar-refractivity contribution in [3.8, 4) is 0 Å². The van der Waals surface area contributed by atoms with Gasteiger partial charge in [0.05, 0.1) is 5.56 Å². The zero-order chi connectivity index (χ0) is 20.1. The molecular weight excluding hydrogens is 396 g/mol. The van der Waals surface area contributed by atoms with Crippen molar-refractivity contribution in [3.05, 3.63) is 65.2 Å². The molecule has 0 spiro atoms. The number of aryl methyl sites for hydroxylation is 1. The van der Waals surface area contributed by atoms with Gasteiger partial charge in [0.1, 0.15) is 4.90 Å². The Labute approximate surface area is 169 Å². The second kappa shape index (κ2) is 8.79. The molecule has 1 aliphatic heterocycles. The zero-order valence-corrected chi connectivity index (χ0v) is 17.2. The van der Waals surface area contributed by atoms with Crippen molar-refractivity contribution in [2.45, 2.75) is 24.0 Å². The van der Waals surface area contributed by atoms with Gasteiger partial charge in [0.25, 0.3) is 15.9 Å². The molecule has 0 fully saturated rings. The van der Waals surface area contributed by atoms with Crippen LogP contribution in [0.2, 0.25) is 0 Å². The Morgan fingerprint density at radius 1 is 1.11 bits per heavy atom. The van der Waals surface area contributed by atoms with E-state index in [-0.39, 0.29) is 29.3 Å². The van der Waals surface area contributed by atoms with Crippen LogP contribution in [0, 0.1) is 6.92 Å². The molecular formula is C20H22N2O4S2. The van der Waals surface area contributed by atoms with Gasteiger partial charge in [-0.3, -0.25) is 9.59 Å². The van der Waals surface area contributed by atoms with Crippen molar-refractivity contribution < 1.29 is 18.0 Å². The highest BCUT2D eigenvalue weighted by Gasteiger charge is 2.40. The Kier molecular flexibility index (Phi) is 6.41. The summed E-state index contributed by atoms with van der Waals surface area (Å²) in [5.41, 5.74) is 2.68. The van der Waals surface area contributed by atoms with E-state index in [9.17, 15) is 18.0 Å². The Hall–Kier alpha value is -2.32. The van der Waals surface area contributed by atoms with Gasteiger partial charge in [0.2, 0.25) is 5.91 Å². The molecule has 2 aromatic carbocycles. The molecule has 28 heavy (non-hydrogen) atoms. The molecule has 0 saturated heterocycles. The fraction of sp³-hybridized carbons (Fsp3) is 0.300. The number of carbonyl (C=O) groups is 2. The molecule has 2 amide bonds. The fourth-order valence-electron chi connectivity index (χ4n) is 2.96. The highest BCUT2D eigenvalue weighted by Crippen LogP contribution is 2.29. The van der Waals surface area contributed by atoms with Crippen LogP contribution in [-0.4, -0.2) is 43.4 Å². The van der Waals surface area contributed by atoms with Crippen molar-refractivity contribution in [1.29, 1.82) is 0 Å². The van der Waals surface area contributed by atoms with Crippen LogP contribution in [0.25, 0.3) is 0 Å². The predicted octanol–water partition coefficient (Wildman–Crippen LogP) is 2.58. The zero-order valence-electron chi connectivity index (χ0n) is 15.6. The lowest BCUT2D eigenvalue weighted by molar-refractivity contribution is -0.120. The number of sulfonamides is 1. The number of rotatable bonds is 8. The molecule has 0 radical (unpaired) electrons. The maximum atomic E-state index is 12.4. The lowest BCUT2D eigenvalue weighted by atomic mass is 10.1. The van der Waals surface area contributed by atoms with Crippen LogP contribution in [0.1, 0.15) is 27.9 Å². The summed E-state index contributed by atoms with van der Waals surface area (Å²) in [6, 6.07) is 14.3. The molecule has 1 aliphatic rings. The van der Waals surface area contributed by atoms with Gasteiger partial charge in [0.15, 0.2) is 0 Å². The summed E-state index contributed by atoms with van der Waals surface area (Å²) in [5.74, 6) is 0.793. The molecule has 0 bridgehead atoms. The molecule has 1 heterocycles. The first kappa shape index (κ1) is 20.4. The Balaban J connectivity index is 1.42. The van der Waals surface area contributed by atoms with Gasteiger partial charge in [0, 0.05) is 31.0 Å². The second-order valence-electron chi connectivity index (χ2n) is 6.46. The number of fused-ring (bicyclic) bond motifs is 1. The summed E-state index contributed by atoms with van der Waals surface area (Å²) in [5, 5.41) is 2.78. The van der Waals surface area contributed by atoms with Crippen molar-refractivity contribution >= 4 is 33.6 Å². The van der Waals surface area contributed by atoms with Crippen molar-refractivity contribution in [3.63, 3.8) is 0 Å². The molecule has 3 rings (SSSR count). The molecule has 6 nitrogen and oxygen atoms in total. The Morgan fingerprint density at radius 3 is 2.57 bits per heavy atom. The first-order chi connectivity index (χ1) is 13.4. The third-order valence-corrected chi connectivity index (χ3v) is 7.39. The van der Waals surface area contributed by atoms with E-state index in [1.807, 2.05) is 12.1 Å². The summed E-state index contributed by atoms with van der Waals surface area (Å²) < 4.78 is 25.7. The number of amides is 2. The number of nitrogens with zero attached hydrogens (tertiary/aromatic N) is 1. The van der Waals surface area contributed by atoms with Crippen LogP contribution >= 0.6 is 11.8 Å². The monoisotopic (exact) mass is 418 g/mol. The quantitative estimate of drug-likeness (QED) is 0.666. The van der Waals surface area contributed by atoms with E-state index in [2.05, 4.69) is 24.4 Å². The molecule has 0 aliphatic carbocycles. The third kappa shape index (κ3) is 4.39. The van der Waals surface area contributed by atoms with Gasteiger partial charge >= 0.3 is 0 Å². The number of hydrogen-bond acceptors (Lipinski definition) is 5. The number of thioether (sulfide) groups is 1. The number of carbonyl (C=O) groups excluding carboxylic acids is 2. The van der Waals surface area contributed by atoms with Crippen LogP contribution in [0.4, 0.5) is 0 Å². The number of nitrogens with one attached hydrogen (secondary N) is 1. The topological polar surface area (TPSA) is 83.6 Å². The lowest BCUT2D eigenvalue weighted by Crippen LogP contribution is -2.35. The number of benzene rings is 2.